The van der Waals surface area contributed by atoms with Gasteiger partial charge >= 0.3 is 0 Å². The number of para-hydroxylation sites is 1. The number of likely N-dealkylation sites (tertiary alicyclic amines) is 1. The lowest BCUT2D eigenvalue weighted by Crippen LogP contribution is -2.65. The Morgan fingerprint density at radius 2 is 1.89 bits per heavy atom. The van der Waals surface area contributed by atoms with Crippen molar-refractivity contribution in [1.82, 2.24) is 15.2 Å². The van der Waals surface area contributed by atoms with E-state index in [1.54, 1.807) is 4.90 Å². The predicted molar refractivity (Wildman–Crippen MR) is 135 cm³/mol. The predicted octanol–water partition coefficient (Wildman–Crippen LogP) is 4.50. The van der Waals surface area contributed by atoms with E-state index in [0.717, 1.165) is 30.3 Å². The number of halogens is 3. The number of pyridine rings is 1. The fraction of sp³-hybridized carbons (Fsp3) is 0.481. The number of amides is 3. The van der Waals surface area contributed by atoms with Crippen molar-refractivity contribution < 1.29 is 23.2 Å². The van der Waals surface area contributed by atoms with E-state index in [9.17, 15) is 23.2 Å². The SMILES string of the molecule is CCC(=O)N1CC2(C1)C(=O)N(CC1CCC(NC(=O)c3cc(Cl)cnc3C(F)F)CC1)c1ccccc12. The molecule has 2 aromatic rings. The molecule has 1 aliphatic carbocycles. The number of hydrogen-bond donors (Lipinski definition) is 1. The third kappa shape index (κ3) is 4.58. The Hall–Kier alpha value is -3.07. The third-order valence-corrected chi connectivity index (χ3v) is 8.11. The molecule has 3 heterocycles. The van der Waals surface area contributed by atoms with Crippen molar-refractivity contribution in [2.24, 2.45) is 5.92 Å². The molecule has 2 fully saturated rings. The Kier molecular flexibility index (Phi) is 6.91. The molecule has 1 aromatic heterocycles. The Morgan fingerprint density at radius 3 is 2.57 bits per heavy atom. The number of alkyl halides is 2. The van der Waals surface area contributed by atoms with Crippen molar-refractivity contribution in [2.75, 3.05) is 24.5 Å². The van der Waals surface area contributed by atoms with Gasteiger partial charge in [-0.05, 0) is 49.3 Å². The molecule has 0 atom stereocenters. The zero-order valence-electron chi connectivity index (χ0n) is 20.6. The van der Waals surface area contributed by atoms with Crippen molar-refractivity contribution in [2.45, 2.75) is 56.9 Å². The van der Waals surface area contributed by atoms with Crippen molar-refractivity contribution in [1.29, 1.82) is 0 Å². The summed E-state index contributed by atoms with van der Waals surface area (Å²) in [4.78, 5) is 45.7. The van der Waals surface area contributed by atoms with Gasteiger partial charge in [0.05, 0.1) is 10.6 Å². The van der Waals surface area contributed by atoms with Gasteiger partial charge in [0, 0.05) is 44.0 Å². The summed E-state index contributed by atoms with van der Waals surface area (Å²) in [6, 6.07) is 8.89. The minimum absolute atomic E-state index is 0.0530. The van der Waals surface area contributed by atoms with E-state index >= 15 is 0 Å². The number of aromatic nitrogens is 1. The van der Waals surface area contributed by atoms with Crippen LogP contribution in [0.4, 0.5) is 14.5 Å². The summed E-state index contributed by atoms with van der Waals surface area (Å²) < 4.78 is 26.6. The molecule has 3 aliphatic rings. The monoisotopic (exact) mass is 530 g/mol. The van der Waals surface area contributed by atoms with E-state index in [2.05, 4.69) is 10.3 Å². The number of anilines is 1. The molecule has 0 unspecified atom stereocenters. The van der Waals surface area contributed by atoms with Crippen LogP contribution in [-0.2, 0) is 15.0 Å². The molecule has 1 N–H and O–H groups in total. The summed E-state index contributed by atoms with van der Waals surface area (Å²) >= 11 is 5.88. The quantitative estimate of drug-likeness (QED) is 0.596. The van der Waals surface area contributed by atoms with Crippen molar-refractivity contribution >= 4 is 35.0 Å². The summed E-state index contributed by atoms with van der Waals surface area (Å²) in [7, 11) is 0. The second-order valence-electron chi connectivity index (χ2n) is 10.2. The second kappa shape index (κ2) is 10.0. The summed E-state index contributed by atoms with van der Waals surface area (Å²) in [6.45, 7) is 3.24. The molecule has 3 amide bonds. The van der Waals surface area contributed by atoms with E-state index in [4.69, 9.17) is 11.6 Å². The second-order valence-corrected chi connectivity index (χ2v) is 10.6. The molecule has 1 spiro atoms. The molecule has 1 saturated carbocycles. The average molecular weight is 531 g/mol. The fourth-order valence-corrected chi connectivity index (χ4v) is 6.06. The van der Waals surface area contributed by atoms with Gasteiger partial charge in [-0.25, -0.2) is 8.78 Å². The van der Waals surface area contributed by atoms with Gasteiger partial charge in [-0.3, -0.25) is 19.4 Å². The average Bonchev–Trinajstić information content (AvgIpc) is 3.11. The molecule has 1 saturated heterocycles. The molecule has 1 aromatic carbocycles. The molecule has 37 heavy (non-hydrogen) atoms. The number of nitrogens with one attached hydrogen (secondary N) is 1. The number of nitrogens with zero attached hydrogens (tertiary/aromatic N) is 3. The Morgan fingerprint density at radius 1 is 1.19 bits per heavy atom. The van der Waals surface area contributed by atoms with Gasteiger partial charge in [-0.2, -0.15) is 0 Å². The largest absolute Gasteiger partial charge is 0.349 e. The number of carbonyl (C=O) groups excluding carboxylic acids is 3. The fourth-order valence-electron chi connectivity index (χ4n) is 5.91. The van der Waals surface area contributed by atoms with Crippen LogP contribution in [0.1, 0.15) is 67.1 Å². The van der Waals surface area contributed by atoms with Gasteiger partial charge in [0.1, 0.15) is 11.1 Å². The first-order chi connectivity index (χ1) is 17.7. The van der Waals surface area contributed by atoms with Gasteiger partial charge in [-0.15, -0.1) is 0 Å². The van der Waals surface area contributed by atoms with Gasteiger partial charge in [-0.1, -0.05) is 36.7 Å². The number of rotatable bonds is 6. The summed E-state index contributed by atoms with van der Waals surface area (Å²) in [5.41, 5.74) is 0.474. The van der Waals surface area contributed by atoms with Crippen molar-refractivity contribution in [3.63, 3.8) is 0 Å². The topological polar surface area (TPSA) is 82.6 Å². The zero-order chi connectivity index (χ0) is 26.3. The van der Waals surface area contributed by atoms with E-state index in [1.165, 1.54) is 6.07 Å². The lowest BCUT2D eigenvalue weighted by atomic mass is 9.74. The normalized spacial score (nSPS) is 22.2. The van der Waals surface area contributed by atoms with Crippen molar-refractivity contribution in [3.05, 3.63) is 58.4 Å². The Bertz CT molecular complexity index is 1230. The molecule has 196 valence electrons. The molecular formula is C27H29ClF2N4O3. The highest BCUT2D eigenvalue weighted by molar-refractivity contribution is 6.30. The Labute approximate surface area is 219 Å². The first-order valence-electron chi connectivity index (χ1n) is 12.7. The number of hydrogen-bond acceptors (Lipinski definition) is 4. The molecular weight excluding hydrogens is 502 g/mol. The molecule has 5 rings (SSSR count). The number of fused-ring (bicyclic) bond motifs is 2. The number of carbonyl (C=O) groups is 3. The van der Waals surface area contributed by atoms with Crippen LogP contribution < -0.4 is 10.2 Å². The van der Waals surface area contributed by atoms with Crippen LogP contribution in [0.25, 0.3) is 0 Å². The molecule has 7 nitrogen and oxygen atoms in total. The molecule has 10 heteroatoms. The highest BCUT2D eigenvalue weighted by Gasteiger charge is 2.58. The van der Waals surface area contributed by atoms with Crippen LogP contribution in [0.3, 0.4) is 0 Å². The number of benzene rings is 1. The van der Waals surface area contributed by atoms with E-state index in [1.807, 2.05) is 36.1 Å². The maximum absolute atomic E-state index is 13.6. The van der Waals surface area contributed by atoms with Gasteiger partial charge in [0.2, 0.25) is 11.8 Å². The van der Waals surface area contributed by atoms with Crippen LogP contribution >= 0.6 is 11.6 Å². The Balaban J connectivity index is 1.21. The van der Waals surface area contributed by atoms with Crippen LogP contribution in [0.15, 0.2) is 36.5 Å². The van der Waals surface area contributed by atoms with E-state index in [-0.39, 0.29) is 34.4 Å². The van der Waals surface area contributed by atoms with Gasteiger partial charge in [0.25, 0.3) is 12.3 Å². The summed E-state index contributed by atoms with van der Waals surface area (Å²) in [5, 5.41) is 2.98. The lowest BCUT2D eigenvalue weighted by molar-refractivity contribution is -0.143. The summed E-state index contributed by atoms with van der Waals surface area (Å²) in [6.07, 6.45) is 1.60. The standard InChI is InChI=1S/C27H29ClF2N4O3/c1-2-22(35)33-14-27(15-33)20-5-3-4-6-21(20)34(26(27)37)13-16-7-9-18(10-8-16)32-25(36)19-11-17(28)12-31-23(19)24(29)30/h3-6,11-12,16,18,24H,2,7-10,13-15H2,1H3,(H,32,36). The third-order valence-electron chi connectivity index (χ3n) is 7.90. The van der Waals surface area contributed by atoms with E-state index in [0.29, 0.717) is 38.9 Å². The minimum atomic E-state index is -2.87. The highest BCUT2D eigenvalue weighted by atomic mass is 35.5. The van der Waals surface area contributed by atoms with Gasteiger partial charge in [0.15, 0.2) is 0 Å². The zero-order valence-corrected chi connectivity index (χ0v) is 21.3. The lowest BCUT2D eigenvalue weighted by Gasteiger charge is -2.47. The smallest absolute Gasteiger partial charge is 0.281 e. The molecule has 0 bridgehead atoms. The maximum Gasteiger partial charge on any atom is 0.281 e. The summed E-state index contributed by atoms with van der Waals surface area (Å²) in [5.74, 6) is -0.241. The van der Waals surface area contributed by atoms with Crippen molar-refractivity contribution in [3.8, 4) is 0 Å². The first kappa shape index (κ1) is 25.6. The van der Waals surface area contributed by atoms with E-state index < -0.39 is 23.4 Å². The van der Waals surface area contributed by atoms with Gasteiger partial charge < -0.3 is 15.1 Å². The minimum Gasteiger partial charge on any atom is -0.349 e. The van der Waals surface area contributed by atoms with Crippen LogP contribution in [-0.4, -0.2) is 53.3 Å². The molecule has 2 aliphatic heterocycles. The van der Waals surface area contributed by atoms with Crippen LogP contribution in [0, 0.1) is 5.92 Å². The van der Waals surface area contributed by atoms with Crippen LogP contribution in [0.5, 0.6) is 0 Å². The first-order valence-corrected chi connectivity index (χ1v) is 13.0. The maximum atomic E-state index is 13.6. The highest BCUT2D eigenvalue weighted by Crippen LogP contribution is 2.48. The molecule has 0 radical (unpaired) electrons. The van der Waals surface area contributed by atoms with Crippen LogP contribution in [0.2, 0.25) is 5.02 Å².